The average Bonchev–Trinajstić information content (AvgIpc) is 1.82. The zero-order valence-corrected chi connectivity index (χ0v) is 9.79. The van der Waals surface area contributed by atoms with Crippen molar-refractivity contribution in [1.82, 2.24) is 0 Å². The molecule has 0 nitrogen and oxygen atoms in total. The van der Waals surface area contributed by atoms with Crippen LogP contribution in [0.4, 0.5) is 0 Å². The van der Waals surface area contributed by atoms with Crippen LogP contribution in [-0.4, -0.2) is 0 Å². The van der Waals surface area contributed by atoms with Crippen LogP contribution in [-0.2, 0) is 0 Å². The highest BCUT2D eigenvalue weighted by molar-refractivity contribution is 14.1. The van der Waals surface area contributed by atoms with E-state index in [0.29, 0.717) is 0 Å². The molecular weight excluding hydrogens is 326 g/mol. The van der Waals surface area contributed by atoms with Crippen LogP contribution in [0, 0.1) is 10.5 Å². The molecule has 0 aliphatic rings. The minimum Gasteiger partial charge on any atom is -0.0831 e. The van der Waals surface area contributed by atoms with Crippen LogP contribution >= 0.6 is 50.1 Å². The molecule has 0 aromatic heterocycles. The fraction of sp³-hybridized carbons (Fsp3) is 0.143. The lowest BCUT2D eigenvalue weighted by molar-refractivity contribution is 1.41. The lowest BCUT2D eigenvalue weighted by atomic mass is 10.2. The van der Waals surface area contributed by atoms with Crippen molar-refractivity contribution < 1.29 is 0 Å². The maximum Gasteiger partial charge on any atom is 0.0561 e. The molecule has 0 radical (unpaired) electrons. The standard InChI is InChI=1S/C7H5BrClI/c1-4-2-5(10)3-6(9)7(4)8/h2-3H,1H3. The van der Waals surface area contributed by atoms with Gasteiger partial charge < -0.3 is 0 Å². The van der Waals surface area contributed by atoms with Crippen molar-refractivity contribution in [2.45, 2.75) is 6.92 Å². The Morgan fingerprint density at radius 3 is 2.60 bits per heavy atom. The van der Waals surface area contributed by atoms with E-state index in [1.807, 2.05) is 13.0 Å². The smallest absolute Gasteiger partial charge is 0.0561 e. The molecule has 10 heavy (non-hydrogen) atoms. The molecule has 0 unspecified atom stereocenters. The van der Waals surface area contributed by atoms with Crippen molar-refractivity contribution in [1.29, 1.82) is 0 Å². The van der Waals surface area contributed by atoms with Crippen molar-refractivity contribution in [2.24, 2.45) is 0 Å². The fourth-order valence-corrected chi connectivity index (χ4v) is 2.14. The van der Waals surface area contributed by atoms with E-state index in [9.17, 15) is 0 Å². The summed E-state index contributed by atoms with van der Waals surface area (Å²) in [6, 6.07) is 4.01. The maximum atomic E-state index is 5.87. The zero-order chi connectivity index (χ0) is 7.72. The van der Waals surface area contributed by atoms with Crippen molar-refractivity contribution >= 4 is 50.1 Å². The SMILES string of the molecule is Cc1cc(I)cc(Cl)c1Br. The molecule has 0 saturated heterocycles. The van der Waals surface area contributed by atoms with E-state index >= 15 is 0 Å². The van der Waals surface area contributed by atoms with E-state index in [2.05, 4.69) is 44.6 Å². The van der Waals surface area contributed by atoms with E-state index in [-0.39, 0.29) is 0 Å². The molecule has 0 heterocycles. The van der Waals surface area contributed by atoms with Gasteiger partial charge in [0.1, 0.15) is 0 Å². The first-order chi connectivity index (χ1) is 4.61. The lowest BCUT2D eigenvalue weighted by Gasteiger charge is -2.00. The Hall–Kier alpha value is 0.720. The zero-order valence-electron chi connectivity index (χ0n) is 5.29. The van der Waals surface area contributed by atoms with Gasteiger partial charge in [-0.3, -0.25) is 0 Å². The minimum atomic E-state index is 0.782. The van der Waals surface area contributed by atoms with E-state index < -0.39 is 0 Å². The second kappa shape index (κ2) is 3.41. The molecule has 0 spiro atoms. The highest BCUT2D eigenvalue weighted by Crippen LogP contribution is 2.27. The Morgan fingerprint density at radius 1 is 1.50 bits per heavy atom. The van der Waals surface area contributed by atoms with Gasteiger partial charge in [-0.25, -0.2) is 0 Å². The molecule has 0 bridgehead atoms. The topological polar surface area (TPSA) is 0 Å². The number of halogens is 3. The van der Waals surface area contributed by atoms with E-state index in [4.69, 9.17) is 11.6 Å². The molecule has 54 valence electrons. The first kappa shape index (κ1) is 8.81. The predicted molar refractivity (Wildman–Crippen MR) is 56.6 cm³/mol. The highest BCUT2D eigenvalue weighted by atomic mass is 127. The van der Waals surface area contributed by atoms with E-state index in [1.54, 1.807) is 0 Å². The second-order valence-electron chi connectivity index (χ2n) is 2.02. The summed E-state index contributed by atoms with van der Waals surface area (Å²) in [5, 5.41) is 0.782. The Bertz CT molecular complexity index is 237. The monoisotopic (exact) mass is 330 g/mol. The summed E-state index contributed by atoms with van der Waals surface area (Å²) in [7, 11) is 0. The summed E-state index contributed by atoms with van der Waals surface area (Å²) >= 11 is 11.5. The van der Waals surface area contributed by atoms with Gasteiger partial charge in [0.15, 0.2) is 0 Å². The molecule has 0 amide bonds. The van der Waals surface area contributed by atoms with Gasteiger partial charge in [0.25, 0.3) is 0 Å². The van der Waals surface area contributed by atoms with Gasteiger partial charge in [0.05, 0.1) is 5.02 Å². The molecular formula is C7H5BrClI. The van der Waals surface area contributed by atoms with Gasteiger partial charge in [-0.05, 0) is 63.1 Å². The molecule has 0 aliphatic carbocycles. The van der Waals surface area contributed by atoms with E-state index in [0.717, 1.165) is 9.50 Å². The summed E-state index contributed by atoms with van der Waals surface area (Å²) in [6.45, 7) is 2.03. The minimum absolute atomic E-state index is 0.782. The summed E-state index contributed by atoms with van der Waals surface area (Å²) in [5.41, 5.74) is 1.18. The fourth-order valence-electron chi connectivity index (χ4n) is 0.685. The summed E-state index contributed by atoms with van der Waals surface area (Å²) in [6.07, 6.45) is 0. The van der Waals surface area contributed by atoms with Gasteiger partial charge >= 0.3 is 0 Å². The Balaban J connectivity index is 3.31. The molecule has 0 atom stereocenters. The second-order valence-corrected chi connectivity index (χ2v) is 4.46. The van der Waals surface area contributed by atoms with Crippen LogP contribution in [0.5, 0.6) is 0 Å². The number of rotatable bonds is 0. The van der Waals surface area contributed by atoms with Crippen LogP contribution in [0.15, 0.2) is 16.6 Å². The Morgan fingerprint density at radius 2 is 2.10 bits per heavy atom. The number of benzene rings is 1. The van der Waals surface area contributed by atoms with Gasteiger partial charge in [0, 0.05) is 8.04 Å². The van der Waals surface area contributed by atoms with Crippen LogP contribution in [0.3, 0.4) is 0 Å². The normalized spacial score (nSPS) is 10.0. The molecule has 3 heteroatoms. The summed E-state index contributed by atoms with van der Waals surface area (Å²) in [5.74, 6) is 0. The molecule has 0 N–H and O–H groups in total. The highest BCUT2D eigenvalue weighted by Gasteiger charge is 2.00. The van der Waals surface area contributed by atoms with Crippen LogP contribution in [0.1, 0.15) is 5.56 Å². The van der Waals surface area contributed by atoms with Gasteiger partial charge in [-0.2, -0.15) is 0 Å². The molecule has 1 aromatic rings. The molecule has 1 rings (SSSR count). The quantitative estimate of drug-likeness (QED) is 0.498. The van der Waals surface area contributed by atoms with Gasteiger partial charge in [-0.1, -0.05) is 11.6 Å². The lowest BCUT2D eigenvalue weighted by Crippen LogP contribution is -1.79. The van der Waals surface area contributed by atoms with Gasteiger partial charge in [-0.15, -0.1) is 0 Å². The van der Waals surface area contributed by atoms with Crippen LogP contribution in [0.2, 0.25) is 5.02 Å². The van der Waals surface area contributed by atoms with Crippen LogP contribution in [0.25, 0.3) is 0 Å². The summed E-state index contributed by atoms with van der Waals surface area (Å²) in [4.78, 5) is 0. The first-order valence-electron chi connectivity index (χ1n) is 2.72. The maximum absolute atomic E-state index is 5.87. The number of hydrogen-bond acceptors (Lipinski definition) is 0. The number of hydrogen-bond donors (Lipinski definition) is 0. The van der Waals surface area contributed by atoms with Crippen molar-refractivity contribution in [2.75, 3.05) is 0 Å². The van der Waals surface area contributed by atoms with Crippen LogP contribution < -0.4 is 0 Å². The predicted octanol–water partition coefficient (Wildman–Crippen LogP) is 4.02. The summed E-state index contributed by atoms with van der Waals surface area (Å²) < 4.78 is 2.16. The molecule has 0 aliphatic heterocycles. The van der Waals surface area contributed by atoms with Crippen molar-refractivity contribution in [3.63, 3.8) is 0 Å². The third-order valence-corrected chi connectivity index (χ3v) is 3.38. The Kier molecular flexibility index (Phi) is 3.01. The van der Waals surface area contributed by atoms with Crippen molar-refractivity contribution in [3.05, 3.63) is 30.8 Å². The van der Waals surface area contributed by atoms with Crippen molar-refractivity contribution in [3.8, 4) is 0 Å². The Labute approximate surface area is 87.2 Å². The molecule has 0 fully saturated rings. The number of aryl methyl sites for hydroxylation is 1. The van der Waals surface area contributed by atoms with Gasteiger partial charge in [0.2, 0.25) is 0 Å². The third kappa shape index (κ3) is 1.86. The first-order valence-corrected chi connectivity index (χ1v) is 4.97. The molecule has 0 saturated carbocycles. The largest absolute Gasteiger partial charge is 0.0831 e. The average molecular weight is 331 g/mol. The van der Waals surface area contributed by atoms with E-state index in [1.165, 1.54) is 9.13 Å². The third-order valence-electron chi connectivity index (χ3n) is 1.17. The molecule has 1 aromatic carbocycles.